The second kappa shape index (κ2) is 12.9. The molecule has 1 heterocycles. The van der Waals surface area contributed by atoms with Crippen molar-refractivity contribution in [2.24, 2.45) is 0 Å². The first kappa shape index (κ1) is 35.9. The van der Waals surface area contributed by atoms with Gasteiger partial charge in [-0.2, -0.15) is 0 Å². The zero-order valence-electron chi connectivity index (χ0n) is 35.9. The second-order valence-corrected chi connectivity index (χ2v) is 18.7. The minimum absolute atomic E-state index is 0.238. The highest BCUT2D eigenvalue weighted by atomic mass is 15.1. The Morgan fingerprint density at radius 2 is 1.03 bits per heavy atom. The van der Waals surface area contributed by atoms with E-state index < -0.39 is 0 Å². The third kappa shape index (κ3) is 4.65. The van der Waals surface area contributed by atoms with Crippen molar-refractivity contribution in [1.29, 1.82) is 0 Å². The summed E-state index contributed by atoms with van der Waals surface area (Å²) in [6, 6.07) is 73.3. The number of fused-ring (bicyclic) bond motifs is 16. The van der Waals surface area contributed by atoms with Gasteiger partial charge in [-0.25, -0.2) is 0 Å². The maximum Gasteiger partial charge on any atom is 0.0722 e. The Balaban J connectivity index is 0.929. The second-order valence-electron chi connectivity index (χ2n) is 18.7. The van der Waals surface area contributed by atoms with Crippen LogP contribution in [0.25, 0.3) is 66.1 Å². The molecular weight excluding hydrogens is 773 g/mol. The van der Waals surface area contributed by atoms with Crippen LogP contribution in [0, 0.1) is 0 Å². The van der Waals surface area contributed by atoms with E-state index in [1.165, 1.54) is 105 Å². The minimum atomic E-state index is -0.365. The third-order valence-corrected chi connectivity index (χ3v) is 15.2. The lowest BCUT2D eigenvalue weighted by molar-refractivity contribution is 0.660. The maximum atomic E-state index is 2.52. The molecule has 1 spiro atoms. The highest BCUT2D eigenvalue weighted by molar-refractivity contribution is 6.13. The van der Waals surface area contributed by atoms with Crippen molar-refractivity contribution >= 4 is 55.2 Å². The molecule has 2 heteroatoms. The van der Waals surface area contributed by atoms with Crippen LogP contribution in [0.5, 0.6) is 0 Å². The quantitative estimate of drug-likeness (QED) is 0.172. The van der Waals surface area contributed by atoms with Gasteiger partial charge in [0.2, 0.25) is 0 Å². The molecule has 0 saturated carbocycles. The van der Waals surface area contributed by atoms with Crippen molar-refractivity contribution in [1.82, 2.24) is 4.57 Å². The summed E-state index contributed by atoms with van der Waals surface area (Å²) >= 11 is 0. The Hall–Kier alpha value is -7.68. The van der Waals surface area contributed by atoms with Crippen LogP contribution in [0.15, 0.2) is 212 Å². The smallest absolute Gasteiger partial charge is 0.0722 e. The summed E-state index contributed by atoms with van der Waals surface area (Å²) in [5.41, 5.74) is 23.1. The molecule has 4 aliphatic rings. The molecule has 0 fully saturated rings. The average molecular weight is 817 g/mol. The van der Waals surface area contributed by atoms with Crippen LogP contribution in [0.2, 0.25) is 0 Å². The number of nitrogens with zero attached hydrogens (tertiary/aromatic N) is 2. The first-order valence-corrected chi connectivity index (χ1v) is 22.8. The summed E-state index contributed by atoms with van der Waals surface area (Å²) in [4.78, 5) is 2.48. The molecule has 1 unspecified atom stereocenters. The van der Waals surface area contributed by atoms with E-state index in [-0.39, 0.29) is 10.8 Å². The van der Waals surface area contributed by atoms with Crippen molar-refractivity contribution in [2.45, 2.75) is 37.5 Å². The Bertz CT molecular complexity index is 3710. The fourth-order valence-corrected chi connectivity index (χ4v) is 12.4. The van der Waals surface area contributed by atoms with Gasteiger partial charge in [0.1, 0.15) is 0 Å². The van der Waals surface area contributed by atoms with E-state index in [0.29, 0.717) is 0 Å². The lowest BCUT2D eigenvalue weighted by Gasteiger charge is -2.33. The SMILES string of the molecule is CC1(C)c2cc(N(c3ccccc3)c3ccc4c(c3)C3(C5=C(CCC=C5)c5ccccc53)c3ccccc3-4)ccc2-c2ccc(-n3c4ccccc4c4cc5ccccc5cc43)cc21. The van der Waals surface area contributed by atoms with Crippen LogP contribution < -0.4 is 4.90 Å². The van der Waals surface area contributed by atoms with Crippen LogP contribution in [-0.2, 0) is 10.8 Å². The predicted molar refractivity (Wildman–Crippen MR) is 268 cm³/mol. The molecule has 0 radical (unpaired) electrons. The topological polar surface area (TPSA) is 8.17 Å². The summed E-state index contributed by atoms with van der Waals surface area (Å²) in [5, 5.41) is 5.09. The largest absolute Gasteiger partial charge is 0.310 e. The van der Waals surface area contributed by atoms with Gasteiger partial charge in [0.25, 0.3) is 0 Å². The van der Waals surface area contributed by atoms with E-state index >= 15 is 0 Å². The van der Waals surface area contributed by atoms with E-state index in [4.69, 9.17) is 0 Å². The van der Waals surface area contributed by atoms with Gasteiger partial charge in [-0.15, -0.1) is 0 Å². The van der Waals surface area contributed by atoms with E-state index in [0.717, 1.165) is 29.9 Å². The molecule has 4 aliphatic carbocycles. The van der Waals surface area contributed by atoms with Gasteiger partial charge in [0.05, 0.1) is 16.4 Å². The van der Waals surface area contributed by atoms with E-state index in [2.05, 4.69) is 230 Å². The van der Waals surface area contributed by atoms with Crippen molar-refractivity contribution in [3.8, 4) is 27.9 Å². The predicted octanol–water partition coefficient (Wildman–Crippen LogP) is 16.1. The van der Waals surface area contributed by atoms with Crippen molar-refractivity contribution in [2.75, 3.05) is 4.90 Å². The number of anilines is 3. The zero-order chi connectivity index (χ0) is 42.3. The molecule has 2 nitrogen and oxygen atoms in total. The van der Waals surface area contributed by atoms with Crippen molar-refractivity contribution in [3.05, 3.63) is 245 Å². The first-order valence-electron chi connectivity index (χ1n) is 22.8. The molecule has 0 N–H and O–H groups in total. The van der Waals surface area contributed by atoms with Crippen molar-refractivity contribution < 1.29 is 0 Å². The molecule has 0 bridgehead atoms. The van der Waals surface area contributed by atoms with Gasteiger partial charge < -0.3 is 9.47 Å². The van der Waals surface area contributed by atoms with Gasteiger partial charge in [0.15, 0.2) is 0 Å². The maximum absolute atomic E-state index is 2.52. The molecule has 0 saturated heterocycles. The van der Waals surface area contributed by atoms with Crippen LogP contribution in [-0.4, -0.2) is 4.57 Å². The van der Waals surface area contributed by atoms with Crippen LogP contribution >= 0.6 is 0 Å². The van der Waals surface area contributed by atoms with Crippen LogP contribution in [0.4, 0.5) is 17.1 Å². The number of para-hydroxylation sites is 2. The van der Waals surface area contributed by atoms with Crippen LogP contribution in [0.3, 0.4) is 0 Å². The molecule has 1 aromatic heterocycles. The highest BCUT2D eigenvalue weighted by Crippen LogP contribution is 2.64. The zero-order valence-corrected chi connectivity index (χ0v) is 35.9. The standard InChI is InChI=1S/C62H44N2/c1-61(2)56-36-42(28-31-48(56)49-32-30-44(37-57(49)61)64-59-27-15-11-23-51(59)52-34-39-16-6-7-17-40(39)35-60(52)64)63(41-18-4-3-5-19-41)43-29-33-50-47-22-10-14-26-55(47)62(58(50)38-43)53-24-12-8-20-45(53)46-21-9-13-25-54(46)62/h3-8,10-20,22-38H,9,21H2,1-2H3. The van der Waals surface area contributed by atoms with Crippen molar-refractivity contribution in [3.63, 3.8) is 0 Å². The summed E-state index contributed by atoms with van der Waals surface area (Å²) in [5.74, 6) is 0. The fourth-order valence-electron chi connectivity index (χ4n) is 12.4. The molecule has 64 heavy (non-hydrogen) atoms. The molecule has 0 aliphatic heterocycles. The number of benzene rings is 9. The van der Waals surface area contributed by atoms with Crippen LogP contribution in [0.1, 0.15) is 60.1 Å². The average Bonchev–Trinajstić information content (AvgIpc) is 4.01. The van der Waals surface area contributed by atoms with E-state index in [9.17, 15) is 0 Å². The Morgan fingerprint density at radius 1 is 0.438 bits per heavy atom. The molecular formula is C62H44N2. The number of rotatable bonds is 4. The van der Waals surface area contributed by atoms with E-state index in [1.54, 1.807) is 0 Å². The molecule has 9 aromatic carbocycles. The minimum Gasteiger partial charge on any atom is -0.310 e. The van der Waals surface area contributed by atoms with Gasteiger partial charge >= 0.3 is 0 Å². The van der Waals surface area contributed by atoms with Gasteiger partial charge in [-0.3, -0.25) is 0 Å². The third-order valence-electron chi connectivity index (χ3n) is 15.2. The fraction of sp³-hybridized carbons (Fsp3) is 0.0968. The lowest BCUT2D eigenvalue weighted by atomic mass is 9.69. The van der Waals surface area contributed by atoms with Gasteiger partial charge in [-0.1, -0.05) is 153 Å². The van der Waals surface area contributed by atoms with Gasteiger partial charge in [0, 0.05) is 38.9 Å². The summed E-state index contributed by atoms with van der Waals surface area (Å²) < 4.78 is 2.47. The molecule has 0 amide bonds. The molecule has 14 rings (SSSR count). The molecule has 1 atom stereocenters. The summed E-state index contributed by atoms with van der Waals surface area (Å²) in [6.07, 6.45) is 6.99. The Morgan fingerprint density at radius 3 is 1.83 bits per heavy atom. The number of hydrogen-bond donors (Lipinski definition) is 0. The monoisotopic (exact) mass is 816 g/mol. The summed E-state index contributed by atoms with van der Waals surface area (Å²) in [6.45, 7) is 4.82. The molecule has 10 aromatic rings. The molecule has 302 valence electrons. The first-order chi connectivity index (χ1) is 31.5. The lowest BCUT2D eigenvalue weighted by Crippen LogP contribution is -2.27. The number of allylic oxidation sites excluding steroid dienone is 4. The number of aromatic nitrogens is 1. The Labute approximate surface area is 373 Å². The number of hydrogen-bond acceptors (Lipinski definition) is 1. The summed E-state index contributed by atoms with van der Waals surface area (Å²) in [7, 11) is 0. The Kier molecular flexibility index (Phi) is 7.25. The normalized spacial score (nSPS) is 17.2. The van der Waals surface area contributed by atoms with Gasteiger partial charge in [-0.05, 0) is 157 Å². The highest BCUT2D eigenvalue weighted by Gasteiger charge is 2.52. The van der Waals surface area contributed by atoms with E-state index in [1.807, 2.05) is 0 Å².